The van der Waals surface area contributed by atoms with Crippen LogP contribution in [0.1, 0.15) is 25.3 Å². The number of rotatable bonds is 5. The second kappa shape index (κ2) is 9.33. The van der Waals surface area contributed by atoms with Gasteiger partial charge in [0.2, 0.25) is 11.8 Å². The fourth-order valence-electron chi connectivity index (χ4n) is 2.66. The molecule has 0 spiro atoms. The van der Waals surface area contributed by atoms with Crippen LogP contribution in [0.2, 0.25) is 0 Å². The number of amides is 2. The van der Waals surface area contributed by atoms with Gasteiger partial charge in [-0.05, 0) is 36.8 Å². The molecule has 0 saturated carbocycles. The first-order valence-corrected chi connectivity index (χ1v) is 9.36. The number of carbonyl (C=O) groups excluding carboxylic acids is 2. The molecular weight excluding hydrogens is 320 g/mol. The average molecular weight is 344 g/mol. The van der Waals surface area contributed by atoms with Gasteiger partial charge in [-0.25, -0.2) is 0 Å². The predicted molar refractivity (Wildman–Crippen MR) is 99.8 cm³/mol. The van der Waals surface area contributed by atoms with Gasteiger partial charge in [-0.2, -0.15) is 0 Å². The van der Waals surface area contributed by atoms with Crippen LogP contribution in [0.15, 0.2) is 47.4 Å². The number of allylic oxidation sites excluding steroid dienone is 2. The number of likely N-dealkylation sites (tertiary alicyclic amines) is 1. The minimum absolute atomic E-state index is 0.00428. The second-order valence-electron chi connectivity index (χ2n) is 5.79. The lowest BCUT2D eigenvalue weighted by molar-refractivity contribution is -0.127. The molecule has 128 valence electrons. The third kappa shape index (κ3) is 5.89. The number of nitrogens with one attached hydrogen (secondary N) is 1. The summed E-state index contributed by atoms with van der Waals surface area (Å²) in [5.41, 5.74) is 1.11. The van der Waals surface area contributed by atoms with Crippen molar-refractivity contribution < 1.29 is 9.59 Å². The third-order valence-electron chi connectivity index (χ3n) is 3.97. The van der Waals surface area contributed by atoms with Crippen molar-refractivity contribution in [1.82, 2.24) is 10.2 Å². The highest BCUT2D eigenvalue weighted by atomic mass is 32.2. The number of benzene rings is 1. The highest BCUT2D eigenvalue weighted by Gasteiger charge is 2.21. The Morgan fingerprint density at radius 2 is 1.83 bits per heavy atom. The van der Waals surface area contributed by atoms with Crippen molar-refractivity contribution in [3.8, 4) is 0 Å². The Bertz CT molecular complexity index is 615. The van der Waals surface area contributed by atoms with Gasteiger partial charge in [-0.1, -0.05) is 30.4 Å². The quantitative estimate of drug-likeness (QED) is 0.507. The zero-order valence-corrected chi connectivity index (χ0v) is 15.0. The van der Waals surface area contributed by atoms with Gasteiger partial charge in [0.05, 0.1) is 0 Å². The monoisotopic (exact) mass is 344 g/mol. The molecule has 1 aromatic carbocycles. The highest BCUT2D eigenvalue weighted by Crippen LogP contribution is 2.15. The van der Waals surface area contributed by atoms with E-state index in [1.165, 1.54) is 11.8 Å². The molecule has 4 nitrogen and oxygen atoms in total. The molecule has 1 aliphatic rings. The number of nitrogens with zero attached hydrogens (tertiary/aromatic N) is 1. The molecule has 0 radical (unpaired) electrons. The van der Waals surface area contributed by atoms with Gasteiger partial charge >= 0.3 is 0 Å². The molecule has 0 unspecified atom stereocenters. The minimum Gasteiger partial charge on any atom is -0.353 e. The average Bonchev–Trinajstić information content (AvgIpc) is 2.59. The zero-order chi connectivity index (χ0) is 17.4. The molecular formula is C19H24N2O2S. The minimum atomic E-state index is -0.00428. The third-order valence-corrected chi connectivity index (χ3v) is 4.71. The van der Waals surface area contributed by atoms with Crippen molar-refractivity contribution in [2.24, 2.45) is 0 Å². The summed E-state index contributed by atoms with van der Waals surface area (Å²) in [6.07, 6.45) is 10.9. The molecule has 1 heterocycles. The van der Waals surface area contributed by atoms with Crippen molar-refractivity contribution in [3.63, 3.8) is 0 Å². The fraction of sp³-hybridized carbons (Fsp3) is 0.368. The Kier molecular flexibility index (Phi) is 7.12. The van der Waals surface area contributed by atoms with Crippen molar-refractivity contribution >= 4 is 29.7 Å². The van der Waals surface area contributed by atoms with Gasteiger partial charge < -0.3 is 10.2 Å². The van der Waals surface area contributed by atoms with Gasteiger partial charge in [0, 0.05) is 37.0 Å². The Hall–Kier alpha value is -2.01. The summed E-state index contributed by atoms with van der Waals surface area (Å²) in [7, 11) is 0. The number of thioether (sulfide) groups is 1. The van der Waals surface area contributed by atoms with E-state index in [1.54, 1.807) is 23.9 Å². The Morgan fingerprint density at radius 1 is 1.17 bits per heavy atom. The summed E-state index contributed by atoms with van der Waals surface area (Å²) in [4.78, 5) is 26.2. The van der Waals surface area contributed by atoms with Crippen LogP contribution in [-0.2, 0) is 9.59 Å². The summed E-state index contributed by atoms with van der Waals surface area (Å²) < 4.78 is 0. The molecule has 0 aromatic heterocycles. The van der Waals surface area contributed by atoms with Crippen LogP contribution in [0.4, 0.5) is 0 Å². The van der Waals surface area contributed by atoms with Crippen molar-refractivity contribution in [1.29, 1.82) is 0 Å². The van der Waals surface area contributed by atoms with Gasteiger partial charge in [0.25, 0.3) is 0 Å². The van der Waals surface area contributed by atoms with Crippen LogP contribution in [0.5, 0.6) is 0 Å². The van der Waals surface area contributed by atoms with Crippen molar-refractivity contribution in [3.05, 3.63) is 48.1 Å². The molecule has 1 aromatic rings. The number of hydrogen-bond acceptors (Lipinski definition) is 3. The first-order chi connectivity index (χ1) is 11.6. The molecule has 1 saturated heterocycles. The van der Waals surface area contributed by atoms with Gasteiger partial charge in [-0.3, -0.25) is 9.59 Å². The van der Waals surface area contributed by atoms with Gasteiger partial charge in [0.1, 0.15) is 0 Å². The normalized spacial score (nSPS) is 16.0. The zero-order valence-electron chi connectivity index (χ0n) is 14.2. The number of hydrogen-bond donors (Lipinski definition) is 1. The molecule has 1 fully saturated rings. The largest absolute Gasteiger partial charge is 0.353 e. The van der Waals surface area contributed by atoms with E-state index < -0.39 is 0 Å². The summed E-state index contributed by atoms with van der Waals surface area (Å²) in [5.74, 6) is 0.0222. The van der Waals surface area contributed by atoms with Crippen LogP contribution in [0, 0.1) is 0 Å². The first kappa shape index (κ1) is 18.3. The Labute approximate surface area is 148 Å². The fourth-order valence-corrected chi connectivity index (χ4v) is 3.06. The molecule has 24 heavy (non-hydrogen) atoms. The van der Waals surface area contributed by atoms with Crippen molar-refractivity contribution in [2.45, 2.75) is 30.7 Å². The molecule has 2 rings (SSSR count). The van der Waals surface area contributed by atoms with Crippen LogP contribution < -0.4 is 5.32 Å². The topological polar surface area (TPSA) is 49.4 Å². The lowest BCUT2D eigenvalue weighted by atomic mass is 10.0. The Balaban J connectivity index is 1.78. The van der Waals surface area contributed by atoms with Crippen LogP contribution in [0.3, 0.4) is 0 Å². The molecule has 1 aliphatic heterocycles. The first-order valence-electron chi connectivity index (χ1n) is 8.13. The van der Waals surface area contributed by atoms with Crippen LogP contribution in [-0.4, -0.2) is 42.1 Å². The van der Waals surface area contributed by atoms with Crippen LogP contribution in [0.25, 0.3) is 6.08 Å². The smallest absolute Gasteiger partial charge is 0.246 e. The summed E-state index contributed by atoms with van der Waals surface area (Å²) in [6, 6.07) is 8.48. The van der Waals surface area contributed by atoms with Crippen molar-refractivity contribution in [2.75, 3.05) is 19.3 Å². The van der Waals surface area contributed by atoms with E-state index in [2.05, 4.69) is 35.8 Å². The van der Waals surface area contributed by atoms with Gasteiger partial charge in [-0.15, -0.1) is 11.8 Å². The molecule has 0 bridgehead atoms. The lowest BCUT2D eigenvalue weighted by Gasteiger charge is -2.31. The second-order valence-corrected chi connectivity index (χ2v) is 6.67. The van der Waals surface area contributed by atoms with E-state index in [1.807, 2.05) is 17.1 Å². The maximum Gasteiger partial charge on any atom is 0.246 e. The maximum atomic E-state index is 12.1. The summed E-state index contributed by atoms with van der Waals surface area (Å²) >= 11 is 1.72. The van der Waals surface area contributed by atoms with E-state index in [9.17, 15) is 9.59 Å². The van der Waals surface area contributed by atoms with Crippen LogP contribution >= 0.6 is 11.8 Å². The van der Waals surface area contributed by atoms with E-state index in [0.717, 1.165) is 18.4 Å². The van der Waals surface area contributed by atoms with E-state index in [-0.39, 0.29) is 17.9 Å². The van der Waals surface area contributed by atoms with E-state index in [0.29, 0.717) is 13.1 Å². The van der Waals surface area contributed by atoms with Gasteiger partial charge in [0.15, 0.2) is 0 Å². The predicted octanol–water partition coefficient (Wildman–Crippen LogP) is 3.11. The standard InChI is InChI=1S/C19H24N2O2S/c1-15(22)20-17-11-13-21(14-12-17)19(23)6-4-3-5-16-7-9-18(24-2)10-8-16/h3-10,17H,11-14H2,1-2H3,(H,20,22)/b5-3+,6-4+. The maximum absolute atomic E-state index is 12.1. The summed E-state index contributed by atoms with van der Waals surface area (Å²) in [5, 5.41) is 2.91. The van der Waals surface area contributed by atoms with E-state index in [4.69, 9.17) is 0 Å². The number of piperidine rings is 1. The molecule has 5 heteroatoms. The molecule has 0 atom stereocenters. The Morgan fingerprint density at radius 3 is 2.42 bits per heavy atom. The molecule has 2 amide bonds. The SMILES string of the molecule is CSc1ccc(/C=C/C=C/C(=O)N2CCC(NC(C)=O)CC2)cc1. The summed E-state index contributed by atoms with van der Waals surface area (Å²) in [6.45, 7) is 2.91. The highest BCUT2D eigenvalue weighted by molar-refractivity contribution is 7.98. The number of carbonyl (C=O) groups is 2. The molecule has 0 aliphatic carbocycles. The molecule has 1 N–H and O–H groups in total. The van der Waals surface area contributed by atoms with E-state index >= 15 is 0 Å². The lowest BCUT2D eigenvalue weighted by Crippen LogP contribution is -2.45.